The quantitative estimate of drug-likeness (QED) is 0.847. The zero-order valence-electron chi connectivity index (χ0n) is 9.50. The third-order valence-electron chi connectivity index (χ3n) is 2.93. The molecule has 0 aliphatic heterocycles. The molecule has 1 rings (SSSR count). The van der Waals surface area contributed by atoms with E-state index in [0.717, 1.165) is 6.42 Å². The fraction of sp³-hybridized carbons (Fsp3) is 0.545. The standard InChI is InChI=1S/C11H16BrNO2/c1-5-11(2,3)13(4)10(14)8-6-7-15-9(8)12/h6-7H,5H2,1-4H3. The average Bonchev–Trinajstić information content (AvgIpc) is 2.62. The summed E-state index contributed by atoms with van der Waals surface area (Å²) >= 11 is 3.21. The molecule has 0 saturated carbocycles. The van der Waals surface area contributed by atoms with E-state index in [0.29, 0.717) is 10.2 Å². The highest BCUT2D eigenvalue weighted by Crippen LogP contribution is 2.24. The lowest BCUT2D eigenvalue weighted by Crippen LogP contribution is -2.44. The molecule has 3 nitrogen and oxygen atoms in total. The lowest BCUT2D eigenvalue weighted by Gasteiger charge is -2.34. The van der Waals surface area contributed by atoms with Crippen LogP contribution in [0.15, 0.2) is 21.4 Å². The van der Waals surface area contributed by atoms with Crippen molar-refractivity contribution in [2.45, 2.75) is 32.7 Å². The largest absolute Gasteiger partial charge is 0.457 e. The minimum absolute atomic E-state index is 0.0255. The Labute approximate surface area is 98.6 Å². The predicted molar refractivity (Wildman–Crippen MR) is 62.9 cm³/mol. The molecule has 0 radical (unpaired) electrons. The highest BCUT2D eigenvalue weighted by molar-refractivity contribution is 9.10. The van der Waals surface area contributed by atoms with Crippen molar-refractivity contribution in [1.29, 1.82) is 0 Å². The SMILES string of the molecule is CCC(C)(C)N(C)C(=O)c1ccoc1Br. The van der Waals surface area contributed by atoms with Gasteiger partial charge in [-0.25, -0.2) is 0 Å². The Kier molecular flexibility index (Phi) is 3.60. The lowest BCUT2D eigenvalue weighted by molar-refractivity contribution is 0.0618. The van der Waals surface area contributed by atoms with Gasteiger partial charge >= 0.3 is 0 Å². The van der Waals surface area contributed by atoms with E-state index in [1.165, 1.54) is 6.26 Å². The van der Waals surface area contributed by atoms with Gasteiger partial charge in [0, 0.05) is 12.6 Å². The molecule has 4 heteroatoms. The molecule has 0 aliphatic carbocycles. The maximum atomic E-state index is 12.1. The van der Waals surface area contributed by atoms with Crippen LogP contribution in [0.5, 0.6) is 0 Å². The van der Waals surface area contributed by atoms with Gasteiger partial charge in [-0.2, -0.15) is 0 Å². The number of nitrogens with zero attached hydrogens (tertiary/aromatic N) is 1. The van der Waals surface area contributed by atoms with Crippen molar-refractivity contribution in [3.8, 4) is 0 Å². The summed E-state index contributed by atoms with van der Waals surface area (Å²) in [5.41, 5.74) is 0.423. The zero-order chi connectivity index (χ0) is 11.6. The van der Waals surface area contributed by atoms with Crippen LogP contribution in [0.25, 0.3) is 0 Å². The van der Waals surface area contributed by atoms with Crippen LogP contribution < -0.4 is 0 Å². The van der Waals surface area contributed by atoms with Crippen LogP contribution in [0.1, 0.15) is 37.6 Å². The van der Waals surface area contributed by atoms with Gasteiger partial charge in [-0.05, 0) is 42.3 Å². The maximum absolute atomic E-state index is 12.1. The minimum atomic E-state index is -0.145. The number of hydrogen-bond acceptors (Lipinski definition) is 2. The van der Waals surface area contributed by atoms with Crippen LogP contribution in [0.2, 0.25) is 0 Å². The minimum Gasteiger partial charge on any atom is -0.457 e. The molecule has 0 saturated heterocycles. The molecule has 0 spiro atoms. The molecule has 15 heavy (non-hydrogen) atoms. The van der Waals surface area contributed by atoms with E-state index in [1.54, 1.807) is 11.0 Å². The van der Waals surface area contributed by atoms with E-state index in [9.17, 15) is 4.79 Å². The molecule has 1 heterocycles. The molecular weight excluding hydrogens is 258 g/mol. The van der Waals surface area contributed by atoms with Crippen molar-refractivity contribution in [3.63, 3.8) is 0 Å². The predicted octanol–water partition coefficient (Wildman–Crippen LogP) is 3.30. The number of hydrogen-bond donors (Lipinski definition) is 0. The summed E-state index contributed by atoms with van der Waals surface area (Å²) in [6.07, 6.45) is 2.41. The summed E-state index contributed by atoms with van der Waals surface area (Å²) < 4.78 is 5.54. The molecular formula is C11H16BrNO2. The van der Waals surface area contributed by atoms with Crippen LogP contribution >= 0.6 is 15.9 Å². The summed E-state index contributed by atoms with van der Waals surface area (Å²) in [5, 5.41) is 0. The summed E-state index contributed by atoms with van der Waals surface area (Å²) in [6, 6.07) is 1.68. The number of carbonyl (C=O) groups is 1. The molecule has 0 N–H and O–H groups in total. The van der Waals surface area contributed by atoms with Crippen LogP contribution in [0.4, 0.5) is 0 Å². The van der Waals surface area contributed by atoms with Gasteiger partial charge in [0.2, 0.25) is 0 Å². The molecule has 84 valence electrons. The summed E-state index contributed by atoms with van der Waals surface area (Å²) in [7, 11) is 1.81. The van der Waals surface area contributed by atoms with E-state index in [4.69, 9.17) is 4.42 Å². The Morgan fingerprint density at radius 3 is 2.60 bits per heavy atom. The second-order valence-electron chi connectivity index (χ2n) is 4.14. The molecule has 0 bridgehead atoms. The van der Waals surface area contributed by atoms with Gasteiger partial charge in [-0.1, -0.05) is 6.92 Å². The van der Waals surface area contributed by atoms with Gasteiger partial charge in [0.25, 0.3) is 5.91 Å². The second-order valence-corrected chi connectivity index (χ2v) is 4.86. The Morgan fingerprint density at radius 1 is 1.60 bits per heavy atom. The molecule has 1 amide bonds. The average molecular weight is 274 g/mol. The normalized spacial score (nSPS) is 11.5. The van der Waals surface area contributed by atoms with E-state index in [2.05, 4.69) is 22.9 Å². The van der Waals surface area contributed by atoms with Crippen molar-refractivity contribution in [2.24, 2.45) is 0 Å². The van der Waals surface area contributed by atoms with Crippen molar-refractivity contribution in [3.05, 3.63) is 22.6 Å². The van der Waals surface area contributed by atoms with Crippen molar-refractivity contribution in [1.82, 2.24) is 4.90 Å². The molecule has 0 unspecified atom stereocenters. The Morgan fingerprint density at radius 2 is 2.20 bits per heavy atom. The van der Waals surface area contributed by atoms with Crippen molar-refractivity contribution >= 4 is 21.8 Å². The number of amides is 1. The lowest BCUT2D eigenvalue weighted by atomic mass is 9.99. The molecule has 0 aliphatic rings. The van der Waals surface area contributed by atoms with Crippen LogP contribution in [0.3, 0.4) is 0 Å². The fourth-order valence-corrected chi connectivity index (χ4v) is 1.55. The van der Waals surface area contributed by atoms with E-state index in [-0.39, 0.29) is 11.4 Å². The molecule has 0 fully saturated rings. The van der Waals surface area contributed by atoms with Crippen LogP contribution in [-0.4, -0.2) is 23.4 Å². The maximum Gasteiger partial charge on any atom is 0.258 e. The summed E-state index contributed by atoms with van der Waals surface area (Å²) in [5.74, 6) is -0.0255. The van der Waals surface area contributed by atoms with E-state index in [1.807, 2.05) is 20.9 Å². The van der Waals surface area contributed by atoms with E-state index < -0.39 is 0 Å². The van der Waals surface area contributed by atoms with E-state index >= 15 is 0 Å². The number of carbonyl (C=O) groups excluding carboxylic acids is 1. The van der Waals surface area contributed by atoms with Crippen molar-refractivity contribution < 1.29 is 9.21 Å². The van der Waals surface area contributed by atoms with Gasteiger partial charge in [0.15, 0.2) is 4.67 Å². The highest BCUT2D eigenvalue weighted by Gasteiger charge is 2.28. The molecule has 1 aromatic rings. The first-order valence-corrected chi connectivity index (χ1v) is 5.70. The third kappa shape index (κ3) is 2.43. The van der Waals surface area contributed by atoms with Crippen molar-refractivity contribution in [2.75, 3.05) is 7.05 Å². The molecule has 0 atom stereocenters. The summed E-state index contributed by atoms with van der Waals surface area (Å²) in [4.78, 5) is 13.8. The van der Waals surface area contributed by atoms with Gasteiger partial charge in [-0.3, -0.25) is 4.79 Å². The van der Waals surface area contributed by atoms with Crippen LogP contribution in [0, 0.1) is 0 Å². The Bertz CT molecular complexity index is 357. The smallest absolute Gasteiger partial charge is 0.258 e. The number of rotatable bonds is 3. The zero-order valence-corrected chi connectivity index (χ0v) is 11.1. The topological polar surface area (TPSA) is 33.5 Å². The monoisotopic (exact) mass is 273 g/mol. The second kappa shape index (κ2) is 4.39. The Balaban J connectivity index is 2.92. The number of halogens is 1. The Hall–Kier alpha value is -0.770. The van der Waals surface area contributed by atoms with Gasteiger partial charge in [-0.15, -0.1) is 0 Å². The van der Waals surface area contributed by atoms with Gasteiger partial charge in [0.05, 0.1) is 11.8 Å². The first kappa shape index (κ1) is 12.3. The van der Waals surface area contributed by atoms with Gasteiger partial charge < -0.3 is 9.32 Å². The first-order valence-electron chi connectivity index (χ1n) is 4.91. The molecule has 1 aromatic heterocycles. The van der Waals surface area contributed by atoms with Crippen LogP contribution in [-0.2, 0) is 0 Å². The highest BCUT2D eigenvalue weighted by atomic mass is 79.9. The summed E-state index contributed by atoms with van der Waals surface area (Å²) in [6.45, 7) is 6.14. The fourth-order valence-electron chi connectivity index (χ4n) is 1.14. The van der Waals surface area contributed by atoms with Gasteiger partial charge in [0.1, 0.15) is 0 Å². The number of furan rings is 1. The first-order chi connectivity index (χ1) is 6.90. The molecule has 0 aromatic carbocycles. The third-order valence-corrected chi connectivity index (χ3v) is 3.54.